The molecule has 4 aliphatic rings. The Labute approximate surface area is 620 Å². The first kappa shape index (κ1) is 105. The highest BCUT2D eigenvalue weighted by atomic mass is 16.8. The zero-order chi connectivity index (χ0) is 82.5. The molecule has 0 aromatic carbocycles. The molecule has 19 N–H and O–H groups in total. The fourth-order valence-electron chi connectivity index (χ4n) is 8.06. The lowest BCUT2D eigenvalue weighted by Gasteiger charge is -2.29. The van der Waals surface area contributed by atoms with E-state index in [4.69, 9.17) is 86.7 Å². The van der Waals surface area contributed by atoms with E-state index in [2.05, 4.69) is 19.2 Å². The largest absolute Gasteiger partial charge is 0.508 e. The van der Waals surface area contributed by atoms with Gasteiger partial charge in [-0.2, -0.15) is 0 Å². The first-order chi connectivity index (χ1) is 49.4. The lowest BCUT2D eigenvalue weighted by atomic mass is 9.93. The second-order valence-corrected chi connectivity index (χ2v) is 25.9. The van der Waals surface area contributed by atoms with E-state index in [0.717, 1.165) is 32.6 Å². The Morgan fingerprint density at radius 2 is 0.598 bits per heavy atom. The van der Waals surface area contributed by atoms with Crippen LogP contribution < -0.4 is 5.32 Å². The summed E-state index contributed by atoms with van der Waals surface area (Å²) in [5, 5.41) is 178. The van der Waals surface area contributed by atoms with Gasteiger partial charge in [0, 0.05) is 20.5 Å². The smallest absolute Gasteiger partial charge is 0.464 e. The van der Waals surface area contributed by atoms with E-state index in [1.54, 1.807) is 0 Å². The minimum absolute atomic E-state index is 0. The van der Waals surface area contributed by atoms with Crippen LogP contribution in [0.25, 0.3) is 0 Å². The average Bonchev–Trinajstić information content (AvgIpc) is 1.73. The standard InChI is InChI=1S/C26H43NO20.C26H42O20.C4H10.C3H9N.C2H7N.C2H6.CH4/c1-25(7-30,21(37)46-19-15(35)13(33)17(44-19)11(31)5-28)8-42-24(40)43-10-26(2,9-41-23(39)27(3)4)22(38)47-20-16(36)14(34)18(45-20)12(32)6-29;1-4-13(32)40-9-26(3,23(38)46-21-17(36)15(34)19(44-21)12(31)6-28)10-42-24(39)41-8-25(2,7-29)22(37)45-20-16(35)14(33)18(43-20)11(30)5-27;1-3-4-2;1-4(2)3;1-3-2;1-2;/h11-20,28-36H,5-10H2,1-4H3;11-12,14-21,27-31,33-36H,4-10H2,1-3H3;3-4H2,1-2H3;1-3H3;3H,1-2H3;1-2H3;1H4/t11?,12?,13-,14-,15+,16+,17-,18-,19?,20?,25?,26?;11?,12?,14-,15-,16+,17+,18-,19-,20?,21?,25?,26?;;;;;/m11...../s1. The van der Waals surface area contributed by atoms with Crippen LogP contribution in [0.2, 0.25) is 0 Å². The van der Waals surface area contributed by atoms with Gasteiger partial charge in [0.1, 0.15) is 159 Å². The highest BCUT2D eigenvalue weighted by molar-refractivity contribution is 5.80. The summed E-state index contributed by atoms with van der Waals surface area (Å²) in [6.07, 6.45) is -35.8. The van der Waals surface area contributed by atoms with Crippen molar-refractivity contribution in [1.82, 2.24) is 15.1 Å². The van der Waals surface area contributed by atoms with Gasteiger partial charge in [0.25, 0.3) is 0 Å². The quantitative estimate of drug-likeness (QED) is 0.0220. The molecule has 0 aromatic rings. The molecule has 0 radical (unpaired) electrons. The predicted molar refractivity (Wildman–Crippen MR) is 360 cm³/mol. The molecule has 632 valence electrons. The van der Waals surface area contributed by atoms with E-state index in [1.807, 2.05) is 54.0 Å². The van der Waals surface area contributed by atoms with Crippen LogP contribution in [0, 0.1) is 21.7 Å². The average molecular weight is 1570 g/mol. The number of hydrogen-bond acceptors (Lipinski definition) is 42. The highest BCUT2D eigenvalue weighted by Crippen LogP contribution is 2.34. The van der Waals surface area contributed by atoms with Gasteiger partial charge in [0.15, 0.2) is 0 Å². The van der Waals surface area contributed by atoms with Crippen LogP contribution in [0.5, 0.6) is 0 Å². The number of nitrogens with one attached hydrogen (secondary N) is 1. The number of amides is 1. The van der Waals surface area contributed by atoms with Crippen molar-refractivity contribution < 1.29 is 197 Å². The van der Waals surface area contributed by atoms with Crippen molar-refractivity contribution in [2.24, 2.45) is 21.7 Å². The Balaban J connectivity index is -0.00000172. The Kier molecular flexibility index (Phi) is 50.8. The number of ether oxygens (including phenoxy) is 14. The number of rotatable bonds is 32. The Morgan fingerprint density at radius 3 is 0.794 bits per heavy atom. The van der Waals surface area contributed by atoms with Crippen LogP contribution in [-0.4, -0.2) is 401 Å². The van der Waals surface area contributed by atoms with Crippen molar-refractivity contribution in [2.45, 2.75) is 212 Å². The maximum atomic E-state index is 13.1. The predicted octanol–water partition coefficient (Wildman–Crippen LogP) is -7.21. The number of hydrogen-bond donors (Lipinski definition) is 19. The van der Waals surface area contributed by atoms with E-state index in [1.165, 1.54) is 33.9 Å². The van der Waals surface area contributed by atoms with Crippen LogP contribution in [-0.2, 0) is 90.3 Å². The SMILES string of the molecule is C.CC.CCC(=O)OCC(C)(COC(=O)OCC(C)(CO)C(=O)OC1O[C@H](C(O)CO)[C@H](O)[C@@H]1O)C(=O)OC1O[C@H](C(O)CO)[C@H](O)[C@@H]1O.CCCC.CN(C)C.CN(C)C(=O)OCC(C)(COC(=O)OCC(C)(CO)C(=O)OC1O[C@H](C(O)CO)[C@H](O)[C@@H]1O)C(=O)OC1O[C@H](C(O)CO)[C@H](O)[C@@H]1O.CNC. The minimum atomic E-state index is -2.02. The van der Waals surface area contributed by atoms with Gasteiger partial charge in [-0.15, -0.1) is 0 Å². The van der Waals surface area contributed by atoms with Gasteiger partial charge >= 0.3 is 48.3 Å². The molecule has 12 unspecified atom stereocenters. The van der Waals surface area contributed by atoms with Gasteiger partial charge in [0.2, 0.25) is 25.2 Å². The number of nitrogens with zero attached hydrogens (tertiary/aromatic N) is 2. The molecule has 0 spiro atoms. The summed E-state index contributed by atoms with van der Waals surface area (Å²) in [5.41, 5.74) is -7.99. The van der Waals surface area contributed by atoms with E-state index >= 15 is 0 Å². The fourth-order valence-corrected chi connectivity index (χ4v) is 8.06. The summed E-state index contributed by atoms with van der Waals surface area (Å²) in [6.45, 7) is 3.83. The molecule has 0 aromatic heterocycles. The van der Waals surface area contributed by atoms with E-state index in [0.29, 0.717) is 0 Å². The zero-order valence-corrected chi connectivity index (χ0v) is 62.6. The summed E-state index contributed by atoms with van der Waals surface area (Å²) in [6, 6.07) is 0. The monoisotopic (exact) mass is 1570 g/mol. The summed E-state index contributed by atoms with van der Waals surface area (Å²) in [4.78, 5) is 103. The van der Waals surface area contributed by atoms with Crippen LogP contribution in [0.3, 0.4) is 0 Å². The maximum Gasteiger partial charge on any atom is 0.508 e. The molecule has 4 aliphatic heterocycles. The highest BCUT2D eigenvalue weighted by Gasteiger charge is 2.55. The number of unbranched alkanes of at least 4 members (excludes halogenated alkanes) is 1. The Morgan fingerprint density at radius 1 is 0.393 bits per heavy atom. The van der Waals surface area contributed by atoms with Gasteiger partial charge < -0.3 is 173 Å². The van der Waals surface area contributed by atoms with Crippen molar-refractivity contribution in [3.63, 3.8) is 0 Å². The van der Waals surface area contributed by atoms with E-state index < -0.39 is 272 Å². The van der Waals surface area contributed by atoms with Crippen LogP contribution in [0.1, 0.15) is 89.0 Å². The molecule has 4 rings (SSSR count). The molecular weight excluding hydrogens is 1450 g/mol. The fraction of sp³-hybridized carbons (Fsp3) is 0.875. The number of carbonyl (C=O) groups excluding carboxylic acids is 8. The number of aliphatic hydroxyl groups excluding tert-OH is 18. The molecule has 1 amide bonds. The second-order valence-electron chi connectivity index (χ2n) is 25.9. The van der Waals surface area contributed by atoms with Crippen molar-refractivity contribution >= 4 is 48.3 Å². The van der Waals surface area contributed by atoms with Gasteiger partial charge in [-0.3, -0.25) is 24.0 Å². The molecule has 0 bridgehead atoms. The zero-order valence-electron chi connectivity index (χ0n) is 62.6. The first-order valence-corrected chi connectivity index (χ1v) is 33.5. The molecule has 4 fully saturated rings. The number of aliphatic hydroxyl groups is 18. The molecule has 43 nitrogen and oxygen atoms in total. The van der Waals surface area contributed by atoms with Gasteiger partial charge in [-0.05, 0) is 62.9 Å². The Hall–Kier alpha value is -5.80. The third kappa shape index (κ3) is 33.0. The molecule has 4 saturated heterocycles. The first-order valence-electron chi connectivity index (χ1n) is 33.5. The van der Waals surface area contributed by atoms with E-state index in [-0.39, 0.29) is 13.8 Å². The number of esters is 5. The summed E-state index contributed by atoms with van der Waals surface area (Å²) in [5.74, 6) is -5.85. The van der Waals surface area contributed by atoms with Crippen molar-refractivity contribution in [1.29, 1.82) is 0 Å². The molecule has 43 heteroatoms. The lowest BCUT2D eigenvalue weighted by Crippen LogP contribution is -2.45. The van der Waals surface area contributed by atoms with Crippen molar-refractivity contribution in [2.75, 3.05) is 129 Å². The van der Waals surface area contributed by atoms with Crippen molar-refractivity contribution in [3.05, 3.63) is 0 Å². The third-order valence-electron chi connectivity index (χ3n) is 15.1. The molecular formula is C64H121N3O40. The topological polar surface area (TPSA) is 648 Å². The lowest BCUT2D eigenvalue weighted by molar-refractivity contribution is -0.209. The van der Waals surface area contributed by atoms with Crippen LogP contribution in [0.15, 0.2) is 0 Å². The summed E-state index contributed by atoms with van der Waals surface area (Å²) >= 11 is 0. The molecule has 4 heterocycles. The number of carbonyl (C=O) groups is 8. The Bertz CT molecular complexity index is 2560. The van der Waals surface area contributed by atoms with Gasteiger partial charge in [-0.1, -0.05) is 54.9 Å². The second kappa shape index (κ2) is 51.6. The van der Waals surface area contributed by atoms with Crippen molar-refractivity contribution in [3.8, 4) is 0 Å². The summed E-state index contributed by atoms with van der Waals surface area (Å²) < 4.78 is 70.4. The van der Waals surface area contributed by atoms with Crippen LogP contribution in [0.4, 0.5) is 14.4 Å². The third-order valence-corrected chi connectivity index (χ3v) is 15.1. The molecule has 107 heavy (non-hydrogen) atoms. The van der Waals surface area contributed by atoms with Gasteiger partial charge in [-0.25, -0.2) is 14.4 Å². The van der Waals surface area contributed by atoms with E-state index in [9.17, 15) is 110 Å². The molecule has 24 atom stereocenters. The molecule has 0 saturated carbocycles. The van der Waals surface area contributed by atoms with Crippen LogP contribution >= 0.6 is 0 Å². The van der Waals surface area contributed by atoms with Gasteiger partial charge in [0.05, 0.1) is 39.6 Å². The summed E-state index contributed by atoms with van der Waals surface area (Å²) in [7, 11) is 12.4. The molecule has 0 aliphatic carbocycles. The minimum Gasteiger partial charge on any atom is -0.464 e. The normalized spacial score (nSPS) is 28.1. The maximum absolute atomic E-state index is 13.1.